The lowest BCUT2D eigenvalue weighted by atomic mass is 9.81. The average Bonchev–Trinajstić information content (AvgIpc) is 3.69. The second-order valence-electron chi connectivity index (χ2n) is 11.7. The number of anilines is 1. The third kappa shape index (κ3) is 4.40. The molecule has 1 spiro atoms. The van der Waals surface area contributed by atoms with Gasteiger partial charge in [-0.15, -0.1) is 0 Å². The summed E-state index contributed by atoms with van der Waals surface area (Å²) >= 11 is 0. The second-order valence-corrected chi connectivity index (χ2v) is 12.3. The lowest BCUT2D eigenvalue weighted by Crippen LogP contribution is -2.32. The van der Waals surface area contributed by atoms with Crippen LogP contribution in [0.3, 0.4) is 0 Å². The van der Waals surface area contributed by atoms with Crippen LogP contribution in [0.5, 0.6) is 0 Å². The molecule has 1 amide bonds. The molecule has 6 atom stereocenters. The summed E-state index contributed by atoms with van der Waals surface area (Å²) < 4.78 is 30.5. The van der Waals surface area contributed by atoms with Crippen molar-refractivity contribution in [1.82, 2.24) is 14.8 Å². The Morgan fingerprint density at radius 2 is 1.95 bits per heavy atom. The number of benzene rings is 1. The molecule has 6 rings (SSSR count). The summed E-state index contributed by atoms with van der Waals surface area (Å²) in [5.41, 5.74) is 1.22. The van der Waals surface area contributed by atoms with E-state index < -0.39 is 17.8 Å². The third-order valence-corrected chi connectivity index (χ3v) is 9.77. The van der Waals surface area contributed by atoms with Crippen LogP contribution < -0.4 is 16.2 Å². The van der Waals surface area contributed by atoms with Crippen molar-refractivity contribution in [3.63, 3.8) is 0 Å². The van der Waals surface area contributed by atoms with Gasteiger partial charge in [0, 0.05) is 49.1 Å². The third-order valence-electron chi connectivity index (χ3n) is 9.41. The number of rotatable bonds is 8. The van der Waals surface area contributed by atoms with Gasteiger partial charge in [0.25, 0.3) is 11.5 Å². The average molecular weight is 529 g/mol. The monoisotopic (exact) mass is 528 g/mol. The predicted octanol–water partition coefficient (Wildman–Crippen LogP) is 4.66. The number of carbonyl (C=O) groups excluding carboxylic acids is 1. The number of amides is 1. The predicted molar refractivity (Wildman–Crippen MR) is 143 cm³/mol. The quantitative estimate of drug-likeness (QED) is 0.490. The van der Waals surface area contributed by atoms with Crippen LogP contribution in [0, 0.1) is 29.0 Å². The number of pyridine rings is 1. The van der Waals surface area contributed by atoms with Crippen molar-refractivity contribution in [2.75, 3.05) is 32.0 Å². The van der Waals surface area contributed by atoms with Crippen LogP contribution in [0.25, 0.3) is 0 Å². The highest BCUT2D eigenvalue weighted by Gasteiger charge is 2.59. The molecule has 3 saturated carbocycles. The van der Waals surface area contributed by atoms with Gasteiger partial charge in [-0.3, -0.25) is 9.59 Å². The molecule has 0 radical (unpaired) electrons. The van der Waals surface area contributed by atoms with E-state index in [1.165, 1.54) is 12.5 Å². The van der Waals surface area contributed by atoms with Crippen molar-refractivity contribution < 1.29 is 13.6 Å². The van der Waals surface area contributed by atoms with Crippen LogP contribution in [0.4, 0.5) is 14.5 Å². The highest BCUT2D eigenvalue weighted by atomic mass is 31.0. The fourth-order valence-corrected chi connectivity index (χ4v) is 7.12. The van der Waals surface area contributed by atoms with Gasteiger partial charge in [0.1, 0.15) is 11.7 Å². The smallest absolute Gasteiger partial charge is 0.255 e. The maximum atomic E-state index is 15.0. The van der Waals surface area contributed by atoms with E-state index in [1.54, 1.807) is 35.9 Å². The molecule has 37 heavy (non-hydrogen) atoms. The lowest BCUT2D eigenvalue weighted by Gasteiger charge is -2.27. The van der Waals surface area contributed by atoms with Crippen molar-refractivity contribution in [3.05, 3.63) is 63.3 Å². The Hall–Kier alpha value is -2.31. The van der Waals surface area contributed by atoms with Gasteiger partial charge in [0.05, 0.1) is 17.3 Å². The minimum absolute atomic E-state index is 0.0559. The number of piperidine rings is 1. The normalized spacial score (nSPS) is 28.8. The zero-order chi connectivity index (χ0) is 26.1. The number of fused-ring (bicyclic) bond motifs is 1. The molecule has 3 aliphatic carbocycles. The highest BCUT2D eigenvalue weighted by molar-refractivity contribution is 7.16. The number of alkyl halides is 1. The van der Waals surface area contributed by atoms with Crippen LogP contribution in [-0.2, 0) is 0 Å². The number of aromatic nitrogens is 1. The number of nitrogens with zero attached hydrogens (tertiary/aromatic N) is 2. The molecule has 6 nitrogen and oxygen atoms in total. The molecule has 0 bridgehead atoms. The Morgan fingerprint density at radius 3 is 2.57 bits per heavy atom. The molecule has 1 aromatic heterocycles. The Kier molecular flexibility index (Phi) is 6.19. The van der Waals surface area contributed by atoms with Gasteiger partial charge in [-0.2, -0.15) is 0 Å². The maximum absolute atomic E-state index is 15.0. The largest absolute Gasteiger partial charge is 0.384 e. The van der Waals surface area contributed by atoms with Gasteiger partial charge < -0.3 is 20.1 Å². The van der Waals surface area contributed by atoms with Crippen LogP contribution >= 0.6 is 9.24 Å². The molecule has 1 saturated heterocycles. The molecule has 1 aliphatic heterocycles. The van der Waals surface area contributed by atoms with E-state index in [4.69, 9.17) is 0 Å². The standard InChI is InChI=1S/C28H35F2N4O2P/c1-15(16-5-3-6-17(25(16)29)26(30)37)32-27(36)21-14-34(23-10-28(23)7-4-8-28)24(35)9-22(21)31-11-18-19-12-33(2)13-20(18)19/h3,5-6,9,14-15,18-20,23,26,31H,4,7-8,10-13,37H2,1-2H3,(H,32,36)/t15-,18?,19?,20?,23+,26?/m1/s1. The van der Waals surface area contributed by atoms with Crippen LogP contribution in [0.15, 0.2) is 35.3 Å². The molecule has 2 aromatic rings. The number of halogens is 2. The molecule has 4 fully saturated rings. The van der Waals surface area contributed by atoms with Gasteiger partial charge in [-0.25, -0.2) is 8.78 Å². The topological polar surface area (TPSA) is 66.4 Å². The summed E-state index contributed by atoms with van der Waals surface area (Å²) in [6, 6.07) is 5.57. The van der Waals surface area contributed by atoms with E-state index in [0.717, 1.165) is 38.9 Å². The summed E-state index contributed by atoms with van der Waals surface area (Å²) in [7, 11) is 4.10. The highest BCUT2D eigenvalue weighted by Crippen LogP contribution is 2.67. The summed E-state index contributed by atoms with van der Waals surface area (Å²) in [6.07, 6.45) is 6.12. The fourth-order valence-electron chi connectivity index (χ4n) is 6.87. The number of likely N-dealkylation sites (tertiary alicyclic amines) is 1. The summed E-state index contributed by atoms with van der Waals surface area (Å²) in [5, 5.41) is 6.30. The first-order chi connectivity index (χ1) is 17.7. The van der Waals surface area contributed by atoms with E-state index in [1.807, 2.05) is 9.24 Å². The molecule has 4 aliphatic rings. The molecule has 9 heteroatoms. The van der Waals surface area contributed by atoms with Crippen LogP contribution in [0.1, 0.15) is 72.1 Å². The number of nitrogens with one attached hydrogen (secondary N) is 2. The molecule has 198 valence electrons. The fraction of sp³-hybridized carbons (Fsp3) is 0.571. The van der Waals surface area contributed by atoms with Crippen LogP contribution in [0.2, 0.25) is 0 Å². The lowest BCUT2D eigenvalue weighted by molar-refractivity contribution is 0.0939. The maximum Gasteiger partial charge on any atom is 0.255 e. The van der Waals surface area contributed by atoms with Crippen LogP contribution in [-0.4, -0.2) is 42.1 Å². The molecule has 2 heterocycles. The van der Waals surface area contributed by atoms with Gasteiger partial charge in [-0.05, 0) is 56.4 Å². The van der Waals surface area contributed by atoms with Gasteiger partial charge >= 0.3 is 0 Å². The molecule has 2 N–H and O–H groups in total. The van der Waals surface area contributed by atoms with Crippen molar-refractivity contribution in [3.8, 4) is 0 Å². The number of hydrogen-bond acceptors (Lipinski definition) is 4. The summed E-state index contributed by atoms with van der Waals surface area (Å²) in [5.74, 6) is -0.668. The Balaban J connectivity index is 1.25. The second kappa shape index (κ2) is 9.16. The Morgan fingerprint density at radius 1 is 1.24 bits per heavy atom. The first-order valence-electron chi connectivity index (χ1n) is 13.4. The van der Waals surface area contributed by atoms with E-state index in [9.17, 15) is 18.4 Å². The number of hydrogen-bond donors (Lipinski definition) is 2. The minimum Gasteiger partial charge on any atom is -0.384 e. The molecule has 1 aromatic carbocycles. The van der Waals surface area contributed by atoms with Crippen molar-refractivity contribution in [1.29, 1.82) is 0 Å². The SMILES string of the molecule is C[C@@H](NC(=O)c1cn([C@H]2CC23CCC3)c(=O)cc1NCC1C2CN(C)CC12)c1cccc(C(F)P)c1F. The summed E-state index contributed by atoms with van der Waals surface area (Å²) in [4.78, 5) is 29.0. The van der Waals surface area contributed by atoms with Gasteiger partial charge in [-0.1, -0.05) is 33.9 Å². The van der Waals surface area contributed by atoms with Crippen molar-refractivity contribution in [2.45, 2.75) is 50.6 Å². The number of carbonyl (C=O) groups is 1. The first-order valence-corrected chi connectivity index (χ1v) is 14.0. The molecule has 4 unspecified atom stereocenters. The zero-order valence-electron chi connectivity index (χ0n) is 21.3. The van der Waals surface area contributed by atoms with E-state index >= 15 is 0 Å². The van der Waals surface area contributed by atoms with Gasteiger partial charge in [0.15, 0.2) is 0 Å². The van der Waals surface area contributed by atoms with E-state index in [-0.39, 0.29) is 34.1 Å². The van der Waals surface area contributed by atoms with Crippen molar-refractivity contribution in [2.24, 2.45) is 23.2 Å². The van der Waals surface area contributed by atoms with Crippen molar-refractivity contribution >= 4 is 20.8 Å². The first kappa shape index (κ1) is 25.0. The van der Waals surface area contributed by atoms with E-state index in [0.29, 0.717) is 29.0 Å². The minimum atomic E-state index is -1.53. The summed E-state index contributed by atoms with van der Waals surface area (Å²) in [6.45, 7) is 4.59. The molecular formula is C28H35F2N4O2P. The zero-order valence-corrected chi connectivity index (χ0v) is 22.5. The Bertz CT molecular complexity index is 1280. The Labute approximate surface area is 218 Å². The molecular weight excluding hydrogens is 493 g/mol. The van der Waals surface area contributed by atoms with E-state index in [2.05, 4.69) is 22.6 Å². The van der Waals surface area contributed by atoms with Gasteiger partial charge in [0.2, 0.25) is 0 Å².